The van der Waals surface area contributed by atoms with Gasteiger partial charge in [0.25, 0.3) is 0 Å². The number of fused-ring (bicyclic) bond motifs is 1. The SMILES string of the molecule is C[C@@]1(C2=CCN(c3ccc(C(F)(F)F)cn3)CC2)Cc2cc(C3CCN(S(C)(=O)=O)CC3)ncc2O1. The van der Waals surface area contributed by atoms with Crippen molar-refractivity contribution in [1.82, 2.24) is 14.3 Å². The number of rotatable bonds is 4. The average molecular weight is 523 g/mol. The summed E-state index contributed by atoms with van der Waals surface area (Å²) in [5.41, 5.74) is 1.98. The number of nitrogens with zero attached hydrogens (tertiary/aromatic N) is 4. The standard InChI is InChI=1S/C25H29F3N4O3S/c1-24(19-7-9-31(10-8-19)23-4-3-20(15-30-23)25(26,27)28)14-18-13-21(29-16-22(18)35-24)17-5-11-32(12-6-17)36(2,33)34/h3-4,7,13,15-17H,5-6,8-12,14H2,1-2H3/t24-/m0/s1. The first kappa shape index (κ1) is 25.0. The van der Waals surface area contributed by atoms with Gasteiger partial charge in [0.1, 0.15) is 17.2 Å². The Labute approximate surface area is 209 Å². The number of hydrogen-bond donors (Lipinski definition) is 0. The Morgan fingerprint density at radius 3 is 2.44 bits per heavy atom. The van der Waals surface area contributed by atoms with Gasteiger partial charge >= 0.3 is 6.18 Å². The van der Waals surface area contributed by atoms with E-state index in [1.165, 1.54) is 16.6 Å². The molecule has 0 amide bonds. The summed E-state index contributed by atoms with van der Waals surface area (Å²) in [5.74, 6) is 1.51. The molecule has 1 atom stereocenters. The van der Waals surface area contributed by atoms with Crippen molar-refractivity contribution < 1.29 is 26.3 Å². The number of pyridine rings is 2. The highest BCUT2D eigenvalue weighted by molar-refractivity contribution is 7.88. The molecule has 0 aromatic carbocycles. The third-order valence-corrected chi connectivity index (χ3v) is 8.76. The smallest absolute Gasteiger partial charge is 0.417 e. The van der Waals surface area contributed by atoms with Crippen molar-refractivity contribution in [3.8, 4) is 5.75 Å². The van der Waals surface area contributed by atoms with Crippen molar-refractivity contribution in [1.29, 1.82) is 0 Å². The summed E-state index contributed by atoms with van der Waals surface area (Å²) in [6.07, 6.45) is 4.52. The van der Waals surface area contributed by atoms with Crippen LogP contribution in [0.5, 0.6) is 5.75 Å². The summed E-state index contributed by atoms with van der Waals surface area (Å²) >= 11 is 0. The van der Waals surface area contributed by atoms with E-state index in [1.807, 2.05) is 4.90 Å². The van der Waals surface area contributed by atoms with Gasteiger partial charge in [-0.1, -0.05) is 6.08 Å². The molecule has 11 heteroatoms. The molecule has 2 aromatic heterocycles. The van der Waals surface area contributed by atoms with E-state index in [0.29, 0.717) is 38.4 Å². The Kier molecular flexibility index (Phi) is 6.27. The van der Waals surface area contributed by atoms with Gasteiger partial charge in [-0.2, -0.15) is 13.2 Å². The average Bonchev–Trinajstić information content (AvgIpc) is 3.20. The number of hydrogen-bond acceptors (Lipinski definition) is 6. The number of sulfonamides is 1. The van der Waals surface area contributed by atoms with Crippen LogP contribution in [0, 0.1) is 0 Å². The summed E-state index contributed by atoms with van der Waals surface area (Å²) in [6.45, 7) is 4.27. The molecule has 0 spiro atoms. The van der Waals surface area contributed by atoms with Crippen molar-refractivity contribution >= 4 is 15.8 Å². The summed E-state index contributed by atoms with van der Waals surface area (Å²) in [7, 11) is -3.16. The molecule has 1 fully saturated rings. The minimum absolute atomic E-state index is 0.221. The number of anilines is 1. The monoisotopic (exact) mass is 522 g/mol. The van der Waals surface area contributed by atoms with Crippen LogP contribution in [-0.2, 0) is 22.6 Å². The van der Waals surface area contributed by atoms with Crippen LogP contribution in [0.4, 0.5) is 19.0 Å². The second-order valence-electron chi connectivity index (χ2n) is 9.99. The van der Waals surface area contributed by atoms with Gasteiger partial charge in [-0.05, 0) is 50.0 Å². The van der Waals surface area contributed by atoms with Crippen molar-refractivity contribution in [3.63, 3.8) is 0 Å². The van der Waals surface area contributed by atoms with Gasteiger partial charge in [0.05, 0.1) is 18.0 Å². The van der Waals surface area contributed by atoms with Crippen LogP contribution in [-0.4, -0.2) is 60.7 Å². The van der Waals surface area contributed by atoms with Gasteiger partial charge in [0.2, 0.25) is 10.0 Å². The molecule has 0 saturated carbocycles. The second kappa shape index (κ2) is 9.02. The molecule has 0 aliphatic carbocycles. The van der Waals surface area contributed by atoms with Crippen LogP contribution < -0.4 is 9.64 Å². The highest BCUT2D eigenvalue weighted by atomic mass is 32.2. The van der Waals surface area contributed by atoms with E-state index in [-0.39, 0.29) is 5.92 Å². The first-order valence-corrected chi connectivity index (χ1v) is 13.9. The lowest BCUT2D eigenvalue weighted by Gasteiger charge is -2.34. The third-order valence-electron chi connectivity index (χ3n) is 7.46. The first-order chi connectivity index (χ1) is 16.9. The van der Waals surface area contributed by atoms with Gasteiger partial charge in [0.15, 0.2) is 0 Å². The zero-order valence-electron chi connectivity index (χ0n) is 20.3. The topological polar surface area (TPSA) is 75.6 Å². The molecule has 7 nitrogen and oxygen atoms in total. The van der Waals surface area contributed by atoms with E-state index in [4.69, 9.17) is 4.74 Å². The maximum Gasteiger partial charge on any atom is 0.417 e. The first-order valence-electron chi connectivity index (χ1n) is 12.0. The lowest BCUT2D eigenvalue weighted by Crippen LogP contribution is -2.39. The molecule has 2 aromatic rings. The Balaban J connectivity index is 1.24. The Morgan fingerprint density at radius 2 is 1.86 bits per heavy atom. The zero-order valence-corrected chi connectivity index (χ0v) is 21.1. The summed E-state index contributed by atoms with van der Waals surface area (Å²) in [6, 6.07) is 4.58. The molecule has 0 bridgehead atoms. The third kappa shape index (κ3) is 4.95. The summed E-state index contributed by atoms with van der Waals surface area (Å²) in [5, 5.41) is 0. The Hall–Kier alpha value is -2.66. The normalized spacial score (nSPS) is 23.8. The fraction of sp³-hybridized carbons (Fsp3) is 0.520. The quantitative estimate of drug-likeness (QED) is 0.562. The molecule has 0 radical (unpaired) electrons. The predicted molar refractivity (Wildman–Crippen MR) is 130 cm³/mol. The molecule has 36 heavy (non-hydrogen) atoms. The lowest BCUT2D eigenvalue weighted by molar-refractivity contribution is -0.137. The van der Waals surface area contributed by atoms with Gasteiger partial charge in [-0.15, -0.1) is 0 Å². The van der Waals surface area contributed by atoms with Crippen LogP contribution in [0.2, 0.25) is 0 Å². The van der Waals surface area contributed by atoms with Crippen molar-refractivity contribution in [2.75, 3.05) is 37.3 Å². The second-order valence-corrected chi connectivity index (χ2v) is 12.0. The Morgan fingerprint density at radius 1 is 1.11 bits per heavy atom. The van der Waals surface area contributed by atoms with Gasteiger partial charge in [0, 0.05) is 56.0 Å². The molecule has 0 N–H and O–H groups in total. The number of aromatic nitrogens is 2. The minimum atomic E-state index is -4.40. The number of alkyl halides is 3. The van der Waals surface area contributed by atoms with E-state index in [2.05, 4.69) is 29.0 Å². The number of ether oxygens (including phenoxy) is 1. The summed E-state index contributed by atoms with van der Waals surface area (Å²) < 4.78 is 69.9. The fourth-order valence-corrected chi connectivity index (χ4v) is 6.23. The summed E-state index contributed by atoms with van der Waals surface area (Å²) in [4.78, 5) is 10.6. The molecule has 5 heterocycles. The van der Waals surface area contributed by atoms with E-state index in [9.17, 15) is 21.6 Å². The molecule has 194 valence electrons. The number of halogens is 3. The zero-order chi connectivity index (χ0) is 25.7. The molecule has 3 aliphatic rings. The van der Waals surface area contributed by atoms with Crippen molar-refractivity contribution in [2.24, 2.45) is 0 Å². The maximum atomic E-state index is 12.8. The lowest BCUT2D eigenvalue weighted by atomic mass is 9.86. The van der Waals surface area contributed by atoms with Gasteiger partial charge < -0.3 is 9.64 Å². The largest absolute Gasteiger partial charge is 0.481 e. The van der Waals surface area contributed by atoms with Crippen molar-refractivity contribution in [2.45, 2.75) is 50.3 Å². The molecular formula is C25H29F3N4O3S. The molecule has 1 saturated heterocycles. The van der Waals surface area contributed by atoms with E-state index >= 15 is 0 Å². The number of piperidine rings is 1. The predicted octanol–water partition coefficient (Wildman–Crippen LogP) is 4.16. The molecular weight excluding hydrogens is 493 g/mol. The van der Waals surface area contributed by atoms with Crippen LogP contribution in [0.1, 0.15) is 48.9 Å². The molecule has 0 unspecified atom stereocenters. The van der Waals surface area contributed by atoms with Crippen LogP contribution >= 0.6 is 0 Å². The van der Waals surface area contributed by atoms with Crippen LogP contribution in [0.3, 0.4) is 0 Å². The van der Waals surface area contributed by atoms with Crippen LogP contribution in [0.15, 0.2) is 42.2 Å². The van der Waals surface area contributed by atoms with E-state index in [1.54, 1.807) is 6.20 Å². The maximum absolute atomic E-state index is 12.8. The highest BCUT2D eigenvalue weighted by Crippen LogP contribution is 2.42. The van der Waals surface area contributed by atoms with E-state index in [0.717, 1.165) is 54.1 Å². The molecule has 5 rings (SSSR count). The Bertz CT molecular complexity index is 1270. The minimum Gasteiger partial charge on any atom is -0.481 e. The van der Waals surface area contributed by atoms with Crippen LogP contribution in [0.25, 0.3) is 0 Å². The van der Waals surface area contributed by atoms with Gasteiger partial charge in [-0.25, -0.2) is 17.7 Å². The van der Waals surface area contributed by atoms with E-state index < -0.39 is 27.4 Å². The van der Waals surface area contributed by atoms with Crippen molar-refractivity contribution in [3.05, 3.63) is 59.1 Å². The molecule has 3 aliphatic heterocycles. The van der Waals surface area contributed by atoms with Gasteiger partial charge in [-0.3, -0.25) is 4.98 Å². The highest BCUT2D eigenvalue weighted by Gasteiger charge is 2.40. The fourth-order valence-electron chi connectivity index (χ4n) is 5.36.